The molecule has 4 heterocycles. The maximum atomic E-state index is 14.5. The van der Waals surface area contributed by atoms with E-state index >= 15 is 0 Å². The van der Waals surface area contributed by atoms with Crippen LogP contribution in [0.15, 0.2) is 0 Å². The van der Waals surface area contributed by atoms with Crippen LogP contribution in [-0.2, 0) is 52.7 Å². The smallest absolute Gasteiger partial charge is 0.326 e. The second kappa shape index (κ2) is 35.5. The standard InChI is InChI=1S/C54H95N15O12S/c1-33(2)44(65-48(74)40-20-12-28-67(40)52(78)42-22-14-30-69(42)53(79)41-21-13-29-68(41)50(76)34(59)32-82)49(75)62-36(16-4-8-24-56)46(72)63-37(17-5-9-25-57)51(77)66-27-11-19-39(66)47(73)60-31-43(70)61-35(15-3-7-23-55)45(71)64-38(54(80)81)18-6-10-26-58/h33-42,44,82H,3-32,55-59H2,1-2H3,(H,60,73)(H,61,70)(H,62,75)(H,63,72)(H,64,71)(H,65,74)(H,80,81)/t34-,35-,36-,37-,38-,39-,40-,41-,42-,44-/m0/s1. The summed E-state index contributed by atoms with van der Waals surface area (Å²) in [5.41, 5.74) is 28.8. The van der Waals surface area contributed by atoms with Gasteiger partial charge in [0.25, 0.3) is 0 Å². The first-order valence-electron chi connectivity index (χ1n) is 29.6. The summed E-state index contributed by atoms with van der Waals surface area (Å²) in [6.07, 6.45) is 7.87. The zero-order chi connectivity index (χ0) is 60.5. The maximum Gasteiger partial charge on any atom is 0.326 e. The topological polar surface area (TPSA) is 423 Å². The van der Waals surface area contributed by atoms with Gasteiger partial charge in [-0.25, -0.2) is 4.79 Å². The Morgan fingerprint density at radius 2 is 0.878 bits per heavy atom. The van der Waals surface area contributed by atoms with Crippen molar-refractivity contribution in [1.29, 1.82) is 0 Å². The summed E-state index contributed by atoms with van der Waals surface area (Å²) in [6.45, 7) is 5.27. The van der Waals surface area contributed by atoms with Crippen molar-refractivity contribution in [2.75, 3.05) is 64.7 Å². The highest BCUT2D eigenvalue weighted by molar-refractivity contribution is 7.80. The Labute approximate surface area is 487 Å². The van der Waals surface area contributed by atoms with Crippen LogP contribution in [0.3, 0.4) is 0 Å². The molecule has 27 nitrogen and oxygen atoms in total. The lowest BCUT2D eigenvalue weighted by molar-refractivity contribution is -0.150. The van der Waals surface area contributed by atoms with Crippen LogP contribution in [0.4, 0.5) is 0 Å². The first-order chi connectivity index (χ1) is 39.2. The molecule has 0 aromatic carbocycles. The molecular weight excluding hydrogens is 1080 g/mol. The number of thiol groups is 1. The minimum atomic E-state index is -1.23. The van der Waals surface area contributed by atoms with E-state index in [-0.39, 0.29) is 68.7 Å². The second-order valence-electron chi connectivity index (χ2n) is 22.3. The zero-order valence-corrected chi connectivity index (χ0v) is 49.0. The molecule has 0 aromatic rings. The number of aliphatic carboxylic acids is 1. The first kappa shape index (κ1) is 68.8. The number of hydrogen-bond donors (Lipinski definition) is 13. The van der Waals surface area contributed by atoms with Crippen molar-refractivity contribution in [2.24, 2.45) is 34.6 Å². The molecule has 0 unspecified atom stereocenters. The van der Waals surface area contributed by atoms with E-state index in [9.17, 15) is 57.8 Å². The van der Waals surface area contributed by atoms with Crippen molar-refractivity contribution < 1.29 is 57.8 Å². The summed E-state index contributed by atoms with van der Waals surface area (Å²) < 4.78 is 0. The Hall–Kier alpha value is -5.68. The molecule has 464 valence electrons. The van der Waals surface area contributed by atoms with Gasteiger partial charge in [0.05, 0.1) is 12.6 Å². The minimum Gasteiger partial charge on any atom is -0.480 e. The third-order valence-electron chi connectivity index (χ3n) is 15.8. The fourth-order valence-corrected chi connectivity index (χ4v) is 11.4. The molecule has 82 heavy (non-hydrogen) atoms. The average Bonchev–Trinajstić information content (AvgIpc) is 4.09. The molecule has 0 spiro atoms. The van der Waals surface area contributed by atoms with Gasteiger partial charge >= 0.3 is 5.97 Å². The van der Waals surface area contributed by atoms with Crippen molar-refractivity contribution in [3.8, 4) is 0 Å². The van der Waals surface area contributed by atoms with Crippen LogP contribution in [0.5, 0.6) is 0 Å². The van der Waals surface area contributed by atoms with Gasteiger partial charge in [-0.2, -0.15) is 12.6 Å². The van der Waals surface area contributed by atoms with E-state index in [4.69, 9.17) is 28.7 Å². The fourth-order valence-electron chi connectivity index (χ4n) is 11.2. The molecule has 10 atom stereocenters. The van der Waals surface area contributed by atoms with Crippen molar-refractivity contribution in [3.63, 3.8) is 0 Å². The molecule has 0 bridgehead atoms. The molecule has 28 heteroatoms. The normalized spacial score (nSPS) is 21.0. The predicted molar refractivity (Wildman–Crippen MR) is 308 cm³/mol. The van der Waals surface area contributed by atoms with Crippen LogP contribution in [0, 0.1) is 5.92 Å². The van der Waals surface area contributed by atoms with Gasteiger partial charge in [0.1, 0.15) is 54.4 Å². The predicted octanol–water partition coefficient (Wildman–Crippen LogP) is -3.00. The van der Waals surface area contributed by atoms with E-state index in [0.717, 1.165) is 0 Å². The summed E-state index contributed by atoms with van der Waals surface area (Å²) in [5, 5.41) is 25.9. The van der Waals surface area contributed by atoms with Crippen molar-refractivity contribution in [3.05, 3.63) is 0 Å². The number of amides is 10. The largest absolute Gasteiger partial charge is 0.480 e. The fraction of sp³-hybridized carbons (Fsp3) is 0.796. The molecule has 17 N–H and O–H groups in total. The number of carbonyl (C=O) groups excluding carboxylic acids is 10. The van der Waals surface area contributed by atoms with E-state index in [1.54, 1.807) is 13.8 Å². The number of carboxylic acids is 1. The number of carboxylic acid groups (broad SMARTS) is 1. The highest BCUT2D eigenvalue weighted by Gasteiger charge is 2.47. The van der Waals surface area contributed by atoms with Crippen LogP contribution in [0.2, 0.25) is 0 Å². The number of nitrogens with zero attached hydrogens (tertiary/aromatic N) is 4. The molecule has 0 radical (unpaired) electrons. The number of unbranched alkanes of at least 4 members (excludes halogenated alkanes) is 4. The van der Waals surface area contributed by atoms with Crippen LogP contribution < -0.4 is 60.6 Å². The van der Waals surface area contributed by atoms with Crippen LogP contribution in [0.25, 0.3) is 0 Å². The summed E-state index contributed by atoms with van der Waals surface area (Å²) in [6, 6.07) is -10.3. The van der Waals surface area contributed by atoms with Crippen LogP contribution in [0.1, 0.15) is 142 Å². The molecule has 4 fully saturated rings. The lowest BCUT2D eigenvalue weighted by Gasteiger charge is -2.35. The Kier molecular flexibility index (Phi) is 29.8. The number of carbonyl (C=O) groups is 11. The molecular formula is C54H95N15O12S. The van der Waals surface area contributed by atoms with Gasteiger partial charge in [-0.3, -0.25) is 47.9 Å². The van der Waals surface area contributed by atoms with E-state index in [2.05, 4.69) is 44.5 Å². The molecule has 4 aliphatic rings. The van der Waals surface area contributed by atoms with Gasteiger partial charge in [-0.05, 0) is 161 Å². The quantitative estimate of drug-likeness (QED) is 0.0222. The van der Waals surface area contributed by atoms with E-state index in [1.165, 1.54) is 19.6 Å². The number of nitrogens with one attached hydrogen (secondary N) is 6. The summed E-state index contributed by atoms with van der Waals surface area (Å²) in [5.74, 6) is -7.28. The number of rotatable bonds is 35. The maximum absolute atomic E-state index is 14.5. The molecule has 0 saturated carbocycles. The Morgan fingerprint density at radius 3 is 1.35 bits per heavy atom. The van der Waals surface area contributed by atoms with Gasteiger partial charge in [0, 0.05) is 31.9 Å². The van der Waals surface area contributed by atoms with Crippen molar-refractivity contribution in [1.82, 2.24) is 51.5 Å². The zero-order valence-electron chi connectivity index (χ0n) is 48.1. The molecule has 10 amide bonds. The highest BCUT2D eigenvalue weighted by Crippen LogP contribution is 2.29. The SMILES string of the molecule is CC(C)[C@H](NC(=O)[C@@H]1CCCN1C(=O)[C@@H]1CCCN1C(=O)[C@@H]1CCCN1C(=O)[C@@H](N)CS)C(=O)N[C@@H](CCCCN)C(=O)N[C@@H](CCCCN)C(=O)N1CCC[C@H]1C(=O)NCC(=O)N[C@@H](CCCCN)C(=O)N[C@@H](CCCCN)C(=O)O. The van der Waals surface area contributed by atoms with E-state index < -0.39 is 120 Å². The minimum absolute atomic E-state index is 0.116. The number of likely N-dealkylation sites (tertiary alicyclic amines) is 4. The van der Waals surface area contributed by atoms with E-state index in [1.807, 2.05) is 0 Å². The Balaban J connectivity index is 1.43. The highest BCUT2D eigenvalue weighted by atomic mass is 32.1. The Bertz CT molecular complexity index is 2180. The lowest BCUT2D eigenvalue weighted by Crippen LogP contribution is -2.60. The molecule has 0 aromatic heterocycles. The van der Waals surface area contributed by atoms with Crippen molar-refractivity contribution in [2.45, 2.75) is 203 Å². The van der Waals surface area contributed by atoms with Crippen molar-refractivity contribution >= 4 is 77.7 Å². The summed E-state index contributed by atoms with van der Waals surface area (Å²) >= 11 is 4.16. The third-order valence-corrected chi connectivity index (χ3v) is 16.2. The Morgan fingerprint density at radius 1 is 0.488 bits per heavy atom. The van der Waals surface area contributed by atoms with Crippen LogP contribution >= 0.6 is 12.6 Å². The summed E-state index contributed by atoms with van der Waals surface area (Å²) in [4.78, 5) is 157. The molecule has 0 aliphatic carbocycles. The number of nitrogens with two attached hydrogens (primary N) is 5. The average molecular weight is 1180 g/mol. The van der Waals surface area contributed by atoms with Crippen LogP contribution in [-0.4, -0.2) is 215 Å². The first-order valence-corrected chi connectivity index (χ1v) is 30.3. The third kappa shape index (κ3) is 20.0. The van der Waals surface area contributed by atoms with Gasteiger partial charge < -0.3 is 85.3 Å². The second-order valence-corrected chi connectivity index (χ2v) is 22.6. The van der Waals surface area contributed by atoms with Gasteiger partial charge in [-0.1, -0.05) is 13.8 Å². The van der Waals surface area contributed by atoms with E-state index in [0.29, 0.717) is 136 Å². The summed E-state index contributed by atoms with van der Waals surface area (Å²) in [7, 11) is 0. The molecule has 4 aliphatic heterocycles. The van der Waals surface area contributed by atoms with Gasteiger partial charge in [0.15, 0.2) is 0 Å². The lowest BCUT2D eigenvalue weighted by atomic mass is 10.0. The number of hydrogen-bond acceptors (Lipinski definition) is 17. The van der Waals surface area contributed by atoms with Gasteiger partial charge in [-0.15, -0.1) is 0 Å². The van der Waals surface area contributed by atoms with Gasteiger partial charge in [0.2, 0.25) is 59.1 Å². The monoisotopic (exact) mass is 1180 g/mol. The molecule has 4 saturated heterocycles. The molecule has 4 rings (SSSR count).